The molecule has 1 heterocycles. The van der Waals surface area contributed by atoms with E-state index >= 15 is 0 Å². The molecule has 3 aromatic rings. The highest BCUT2D eigenvalue weighted by Crippen LogP contribution is 2.33. The van der Waals surface area contributed by atoms with Gasteiger partial charge in [0.2, 0.25) is 5.91 Å². The van der Waals surface area contributed by atoms with Crippen molar-refractivity contribution < 1.29 is 4.79 Å². The van der Waals surface area contributed by atoms with E-state index in [0.29, 0.717) is 12.2 Å². The third kappa shape index (κ3) is 4.20. The third-order valence-corrected chi connectivity index (χ3v) is 6.09. The van der Waals surface area contributed by atoms with Gasteiger partial charge in [0.25, 0.3) is 0 Å². The van der Waals surface area contributed by atoms with Crippen LogP contribution < -0.4 is 4.90 Å². The molecular formula is C24H24IN3O. The minimum atomic E-state index is 0.0361. The SMILES string of the molecule is CCCc1nc2c(nc1N(C)C(=O)Cc1ccc(I)cc1)CCc1ccccc1-2. The van der Waals surface area contributed by atoms with Crippen molar-refractivity contribution in [2.45, 2.75) is 39.0 Å². The van der Waals surface area contributed by atoms with Gasteiger partial charge in [-0.2, -0.15) is 0 Å². The molecule has 0 saturated carbocycles. The third-order valence-electron chi connectivity index (χ3n) is 5.37. The van der Waals surface area contributed by atoms with Crippen molar-refractivity contribution in [3.8, 4) is 11.3 Å². The zero-order chi connectivity index (χ0) is 20.4. The molecule has 1 aliphatic carbocycles. The van der Waals surface area contributed by atoms with E-state index in [0.717, 1.165) is 48.3 Å². The number of carbonyl (C=O) groups is 1. The summed E-state index contributed by atoms with van der Waals surface area (Å²) in [6.45, 7) is 2.13. The lowest BCUT2D eigenvalue weighted by Crippen LogP contribution is -2.31. The smallest absolute Gasteiger partial charge is 0.232 e. The number of hydrogen-bond acceptors (Lipinski definition) is 3. The second kappa shape index (κ2) is 8.61. The molecule has 1 aliphatic rings. The lowest BCUT2D eigenvalue weighted by molar-refractivity contribution is -0.117. The average molecular weight is 497 g/mol. The Morgan fingerprint density at radius 1 is 1.07 bits per heavy atom. The molecule has 5 heteroatoms. The molecule has 4 nitrogen and oxygen atoms in total. The summed E-state index contributed by atoms with van der Waals surface area (Å²) < 4.78 is 1.17. The summed E-state index contributed by atoms with van der Waals surface area (Å²) in [5.41, 5.74) is 6.40. The fraction of sp³-hybridized carbons (Fsp3) is 0.292. The molecule has 0 bridgehead atoms. The normalized spacial score (nSPS) is 12.2. The van der Waals surface area contributed by atoms with Crippen LogP contribution in [0.4, 0.5) is 5.82 Å². The monoisotopic (exact) mass is 497 g/mol. The highest BCUT2D eigenvalue weighted by atomic mass is 127. The average Bonchev–Trinajstić information content (AvgIpc) is 2.74. The summed E-state index contributed by atoms with van der Waals surface area (Å²) in [5.74, 6) is 0.745. The second-order valence-electron chi connectivity index (χ2n) is 7.45. The van der Waals surface area contributed by atoms with E-state index in [1.165, 1.54) is 14.7 Å². The van der Waals surface area contributed by atoms with Crippen LogP contribution in [-0.4, -0.2) is 22.9 Å². The van der Waals surface area contributed by atoms with Crippen LogP contribution in [0.3, 0.4) is 0 Å². The predicted octanol–water partition coefficient (Wildman–Crippen LogP) is 5.00. The van der Waals surface area contributed by atoms with Gasteiger partial charge in [0, 0.05) is 16.2 Å². The first kappa shape index (κ1) is 20.0. The molecule has 1 amide bonds. The Balaban J connectivity index is 1.68. The number of rotatable bonds is 5. The van der Waals surface area contributed by atoms with E-state index in [-0.39, 0.29) is 5.91 Å². The number of carbonyl (C=O) groups excluding carboxylic acids is 1. The van der Waals surface area contributed by atoms with Crippen LogP contribution in [0, 0.1) is 3.57 Å². The van der Waals surface area contributed by atoms with Crippen LogP contribution in [0.15, 0.2) is 48.5 Å². The molecule has 29 heavy (non-hydrogen) atoms. The van der Waals surface area contributed by atoms with Gasteiger partial charge in [-0.1, -0.05) is 49.7 Å². The van der Waals surface area contributed by atoms with Crippen molar-refractivity contribution in [3.63, 3.8) is 0 Å². The minimum Gasteiger partial charge on any atom is -0.298 e. The van der Waals surface area contributed by atoms with Gasteiger partial charge >= 0.3 is 0 Å². The molecule has 4 rings (SSSR count). The summed E-state index contributed by atoms with van der Waals surface area (Å²) >= 11 is 2.27. The Hall–Kier alpha value is -2.28. The highest BCUT2D eigenvalue weighted by Gasteiger charge is 2.24. The van der Waals surface area contributed by atoms with Crippen molar-refractivity contribution in [1.82, 2.24) is 9.97 Å². The molecule has 148 valence electrons. The predicted molar refractivity (Wildman–Crippen MR) is 125 cm³/mol. The fourth-order valence-corrected chi connectivity index (χ4v) is 4.15. The second-order valence-corrected chi connectivity index (χ2v) is 8.70. The summed E-state index contributed by atoms with van der Waals surface area (Å²) in [7, 11) is 1.82. The van der Waals surface area contributed by atoms with E-state index in [1.54, 1.807) is 4.90 Å². The summed E-state index contributed by atoms with van der Waals surface area (Å²) in [5, 5.41) is 0. The first-order valence-corrected chi connectivity index (χ1v) is 11.1. The molecule has 0 unspecified atom stereocenters. The van der Waals surface area contributed by atoms with E-state index in [1.807, 2.05) is 31.3 Å². The maximum atomic E-state index is 13.0. The number of anilines is 1. The molecule has 1 aromatic heterocycles. The minimum absolute atomic E-state index is 0.0361. The lowest BCUT2D eigenvalue weighted by Gasteiger charge is -2.24. The number of benzene rings is 2. The number of amides is 1. The molecule has 0 atom stereocenters. The molecule has 0 radical (unpaired) electrons. The number of aromatic nitrogens is 2. The Morgan fingerprint density at radius 2 is 1.83 bits per heavy atom. The van der Waals surface area contributed by atoms with Crippen LogP contribution in [0.5, 0.6) is 0 Å². The van der Waals surface area contributed by atoms with Gasteiger partial charge in [0.15, 0.2) is 5.82 Å². The van der Waals surface area contributed by atoms with E-state index in [4.69, 9.17) is 9.97 Å². The van der Waals surface area contributed by atoms with Crippen LogP contribution >= 0.6 is 22.6 Å². The largest absolute Gasteiger partial charge is 0.298 e. The summed E-state index contributed by atoms with van der Waals surface area (Å²) in [6, 6.07) is 16.5. The fourth-order valence-electron chi connectivity index (χ4n) is 3.79. The number of likely N-dealkylation sites (N-methyl/N-ethyl adjacent to an activating group) is 1. The van der Waals surface area contributed by atoms with E-state index < -0.39 is 0 Å². The molecular weight excluding hydrogens is 473 g/mol. The zero-order valence-corrected chi connectivity index (χ0v) is 18.9. The maximum absolute atomic E-state index is 13.0. The number of nitrogens with zero attached hydrogens (tertiary/aromatic N) is 3. The summed E-state index contributed by atoms with van der Waals surface area (Å²) in [6.07, 6.45) is 3.95. The lowest BCUT2D eigenvalue weighted by atomic mass is 9.91. The topological polar surface area (TPSA) is 46.1 Å². The van der Waals surface area contributed by atoms with Crippen molar-refractivity contribution in [2.24, 2.45) is 0 Å². The van der Waals surface area contributed by atoms with Crippen LogP contribution in [0.1, 0.15) is 35.9 Å². The number of hydrogen-bond donors (Lipinski definition) is 0. The van der Waals surface area contributed by atoms with E-state index in [9.17, 15) is 4.79 Å². The molecule has 0 saturated heterocycles. The standard InChI is InChI=1S/C24H24IN3O/c1-3-6-21-24(28(2)22(29)15-16-9-12-18(25)13-10-16)27-20-14-11-17-7-4-5-8-19(17)23(20)26-21/h4-5,7-10,12-13H,3,6,11,14-15H2,1-2H3. The number of halogens is 1. The van der Waals surface area contributed by atoms with E-state index in [2.05, 4.69) is 53.8 Å². The Morgan fingerprint density at radius 3 is 2.59 bits per heavy atom. The van der Waals surface area contributed by atoms with Gasteiger partial charge in [-0.15, -0.1) is 0 Å². The first-order valence-electron chi connectivity index (χ1n) is 10.1. The Labute approximate surface area is 185 Å². The Bertz CT molecular complexity index is 1050. The highest BCUT2D eigenvalue weighted by molar-refractivity contribution is 14.1. The van der Waals surface area contributed by atoms with Crippen LogP contribution in [0.2, 0.25) is 0 Å². The van der Waals surface area contributed by atoms with Crippen molar-refractivity contribution in [2.75, 3.05) is 11.9 Å². The van der Waals surface area contributed by atoms with Gasteiger partial charge in [-0.3, -0.25) is 9.69 Å². The Kier molecular flexibility index (Phi) is 5.94. The molecule has 0 N–H and O–H groups in total. The number of fused-ring (bicyclic) bond motifs is 3. The van der Waals surface area contributed by atoms with Gasteiger partial charge < -0.3 is 0 Å². The molecule has 2 aromatic carbocycles. The quantitative estimate of drug-likeness (QED) is 0.466. The van der Waals surface area contributed by atoms with Gasteiger partial charge in [-0.25, -0.2) is 9.97 Å². The molecule has 0 spiro atoms. The molecule has 0 fully saturated rings. The van der Waals surface area contributed by atoms with Gasteiger partial charge in [-0.05, 0) is 65.1 Å². The zero-order valence-electron chi connectivity index (χ0n) is 16.8. The van der Waals surface area contributed by atoms with Gasteiger partial charge in [0.1, 0.15) is 0 Å². The van der Waals surface area contributed by atoms with Crippen LogP contribution in [-0.2, 0) is 30.5 Å². The summed E-state index contributed by atoms with van der Waals surface area (Å²) in [4.78, 5) is 24.6. The van der Waals surface area contributed by atoms with Crippen molar-refractivity contribution in [1.29, 1.82) is 0 Å². The van der Waals surface area contributed by atoms with Gasteiger partial charge in [0.05, 0.1) is 23.5 Å². The van der Waals surface area contributed by atoms with Crippen LogP contribution in [0.25, 0.3) is 11.3 Å². The first-order chi connectivity index (χ1) is 14.1. The molecule has 0 aliphatic heterocycles. The maximum Gasteiger partial charge on any atom is 0.232 e. The number of aryl methyl sites for hydroxylation is 3. The van der Waals surface area contributed by atoms with Crippen molar-refractivity contribution in [3.05, 3.63) is 74.6 Å². The van der Waals surface area contributed by atoms with Crippen molar-refractivity contribution >= 4 is 34.3 Å².